The van der Waals surface area contributed by atoms with Gasteiger partial charge >= 0.3 is 0 Å². The second-order valence-corrected chi connectivity index (χ2v) is 5.68. The summed E-state index contributed by atoms with van der Waals surface area (Å²) in [6, 6.07) is 10.2. The lowest BCUT2D eigenvalue weighted by Gasteiger charge is -2.30. The molecule has 0 bridgehead atoms. The van der Waals surface area contributed by atoms with Gasteiger partial charge in [0.15, 0.2) is 11.5 Å². The van der Waals surface area contributed by atoms with Gasteiger partial charge in [-0.2, -0.15) is 0 Å². The number of aromatic hydroxyl groups is 2. The quantitative estimate of drug-likeness (QED) is 0.642. The van der Waals surface area contributed by atoms with Crippen molar-refractivity contribution in [2.45, 2.75) is 18.8 Å². The average molecular weight is 267 g/mol. The van der Waals surface area contributed by atoms with E-state index in [-0.39, 0.29) is 17.4 Å². The van der Waals surface area contributed by atoms with Crippen LogP contribution < -0.4 is 5.32 Å². The molecule has 20 heavy (non-hydrogen) atoms. The van der Waals surface area contributed by atoms with Crippen molar-refractivity contribution in [1.29, 1.82) is 0 Å². The maximum atomic E-state index is 10.3. The topological polar surface area (TPSA) is 52.5 Å². The largest absolute Gasteiger partial charge is 0.504 e. The monoisotopic (exact) mass is 267 g/mol. The lowest BCUT2D eigenvalue weighted by molar-refractivity contribution is 0.398. The molecule has 0 radical (unpaired) electrons. The first-order valence-electron chi connectivity index (χ1n) is 7.11. The van der Waals surface area contributed by atoms with Gasteiger partial charge in [-0.1, -0.05) is 24.3 Å². The van der Waals surface area contributed by atoms with Crippen LogP contribution in [-0.2, 0) is 12.8 Å². The van der Waals surface area contributed by atoms with Crippen molar-refractivity contribution < 1.29 is 10.2 Å². The Balaban J connectivity index is 2.02. The van der Waals surface area contributed by atoms with Gasteiger partial charge in [-0.25, -0.2) is 0 Å². The average Bonchev–Trinajstić information content (AvgIpc) is 2.68. The SMILES string of the molecule is Oc1cc2c3c(c1O)Cc1ccccc1[C@@H]3CNCC2. The molecule has 0 saturated heterocycles. The van der Waals surface area contributed by atoms with Gasteiger partial charge in [-0.05, 0) is 41.3 Å². The Hall–Kier alpha value is -2.00. The van der Waals surface area contributed by atoms with Crippen molar-refractivity contribution >= 4 is 0 Å². The van der Waals surface area contributed by atoms with E-state index < -0.39 is 0 Å². The standard InChI is InChI=1S/C17H17NO2/c19-15-8-11-5-6-18-9-14-12-4-2-1-3-10(12)7-13(16(11)14)17(15)20/h1-4,8,14,18-20H,5-7,9H2/t14-/m0/s1. The maximum absolute atomic E-state index is 10.3. The molecule has 0 spiro atoms. The van der Waals surface area contributed by atoms with Crippen LogP contribution in [-0.4, -0.2) is 23.3 Å². The van der Waals surface area contributed by atoms with Gasteiger partial charge < -0.3 is 15.5 Å². The van der Waals surface area contributed by atoms with Crippen LogP contribution in [0.25, 0.3) is 0 Å². The van der Waals surface area contributed by atoms with Crippen molar-refractivity contribution in [3.05, 3.63) is 58.1 Å². The summed E-state index contributed by atoms with van der Waals surface area (Å²) in [5.74, 6) is 0.350. The number of hydrogen-bond acceptors (Lipinski definition) is 3. The summed E-state index contributed by atoms with van der Waals surface area (Å²) in [6.07, 6.45) is 1.60. The highest BCUT2D eigenvalue weighted by molar-refractivity contribution is 5.61. The Morgan fingerprint density at radius 2 is 1.95 bits per heavy atom. The highest BCUT2D eigenvalue weighted by Crippen LogP contribution is 2.45. The van der Waals surface area contributed by atoms with Gasteiger partial charge in [0.05, 0.1) is 0 Å². The molecule has 2 aromatic carbocycles. The fraction of sp³-hybridized carbons (Fsp3) is 0.294. The van der Waals surface area contributed by atoms with E-state index in [0.717, 1.165) is 25.1 Å². The van der Waals surface area contributed by atoms with E-state index in [9.17, 15) is 10.2 Å². The number of hydrogen-bond donors (Lipinski definition) is 3. The number of fused-ring (bicyclic) bond motifs is 2. The van der Waals surface area contributed by atoms with Gasteiger partial charge in [-0.3, -0.25) is 0 Å². The third kappa shape index (κ3) is 1.56. The third-order valence-corrected chi connectivity index (χ3v) is 4.58. The van der Waals surface area contributed by atoms with Crippen LogP contribution in [0, 0.1) is 0 Å². The predicted molar refractivity (Wildman–Crippen MR) is 77.4 cm³/mol. The van der Waals surface area contributed by atoms with E-state index in [0.29, 0.717) is 6.42 Å². The number of rotatable bonds is 0. The fourth-order valence-corrected chi connectivity index (χ4v) is 3.67. The van der Waals surface area contributed by atoms with E-state index >= 15 is 0 Å². The minimum atomic E-state index is 0.0128. The van der Waals surface area contributed by atoms with Gasteiger partial charge in [-0.15, -0.1) is 0 Å². The van der Waals surface area contributed by atoms with E-state index in [2.05, 4.69) is 23.5 Å². The smallest absolute Gasteiger partial charge is 0.161 e. The second kappa shape index (κ2) is 4.25. The minimum absolute atomic E-state index is 0.0128. The molecule has 3 N–H and O–H groups in total. The predicted octanol–water partition coefficient (Wildman–Crippen LogP) is 2.28. The zero-order valence-electron chi connectivity index (χ0n) is 11.2. The van der Waals surface area contributed by atoms with E-state index in [4.69, 9.17) is 0 Å². The molecular formula is C17H17NO2. The molecule has 0 saturated carbocycles. The van der Waals surface area contributed by atoms with Crippen LogP contribution in [0.5, 0.6) is 11.5 Å². The molecule has 3 nitrogen and oxygen atoms in total. The van der Waals surface area contributed by atoms with E-state index in [1.807, 2.05) is 6.07 Å². The Morgan fingerprint density at radius 1 is 1.10 bits per heavy atom. The molecule has 1 atom stereocenters. The number of nitrogens with one attached hydrogen (secondary N) is 1. The van der Waals surface area contributed by atoms with Crippen molar-refractivity contribution in [3.8, 4) is 11.5 Å². The summed E-state index contributed by atoms with van der Waals surface area (Å²) in [4.78, 5) is 0. The van der Waals surface area contributed by atoms with Crippen molar-refractivity contribution in [3.63, 3.8) is 0 Å². The van der Waals surface area contributed by atoms with Crippen LogP contribution in [0.2, 0.25) is 0 Å². The molecule has 1 aliphatic heterocycles. The van der Waals surface area contributed by atoms with E-state index in [1.165, 1.54) is 22.3 Å². The zero-order valence-corrected chi connectivity index (χ0v) is 11.2. The van der Waals surface area contributed by atoms with Gasteiger partial charge in [0.2, 0.25) is 0 Å². The van der Waals surface area contributed by atoms with Crippen molar-refractivity contribution in [2.75, 3.05) is 13.1 Å². The molecule has 0 aromatic heterocycles. The van der Waals surface area contributed by atoms with Gasteiger partial charge in [0, 0.05) is 24.4 Å². The number of benzene rings is 2. The molecule has 2 aromatic rings. The van der Waals surface area contributed by atoms with Crippen LogP contribution in [0.4, 0.5) is 0 Å². The Morgan fingerprint density at radius 3 is 2.85 bits per heavy atom. The molecule has 0 unspecified atom stereocenters. The first-order valence-corrected chi connectivity index (χ1v) is 7.11. The third-order valence-electron chi connectivity index (χ3n) is 4.58. The Bertz CT molecular complexity index is 694. The number of phenols is 2. The fourth-order valence-electron chi connectivity index (χ4n) is 3.67. The van der Waals surface area contributed by atoms with Crippen LogP contribution in [0.3, 0.4) is 0 Å². The summed E-state index contributed by atoms with van der Waals surface area (Å²) < 4.78 is 0. The lowest BCUT2D eigenvalue weighted by Crippen LogP contribution is -2.24. The zero-order chi connectivity index (χ0) is 13.7. The molecule has 3 heteroatoms. The van der Waals surface area contributed by atoms with Crippen LogP contribution >= 0.6 is 0 Å². The highest BCUT2D eigenvalue weighted by Gasteiger charge is 2.31. The number of phenolic OH excluding ortho intramolecular Hbond substituents is 2. The summed E-state index contributed by atoms with van der Waals surface area (Å²) in [6.45, 7) is 1.80. The maximum Gasteiger partial charge on any atom is 0.161 e. The van der Waals surface area contributed by atoms with E-state index in [1.54, 1.807) is 6.07 Å². The van der Waals surface area contributed by atoms with Crippen LogP contribution in [0.15, 0.2) is 30.3 Å². The molecule has 1 aliphatic carbocycles. The summed E-state index contributed by atoms with van der Waals surface area (Å²) >= 11 is 0. The second-order valence-electron chi connectivity index (χ2n) is 5.68. The summed E-state index contributed by atoms with van der Waals surface area (Å²) in [5, 5.41) is 23.7. The summed E-state index contributed by atoms with van der Waals surface area (Å²) in [7, 11) is 0. The molecule has 2 aliphatic rings. The van der Waals surface area contributed by atoms with Crippen molar-refractivity contribution in [1.82, 2.24) is 5.32 Å². The molecule has 4 rings (SSSR count). The minimum Gasteiger partial charge on any atom is -0.504 e. The summed E-state index contributed by atoms with van der Waals surface area (Å²) in [5.41, 5.74) is 5.90. The Labute approximate surface area is 117 Å². The van der Waals surface area contributed by atoms with Crippen LogP contribution in [0.1, 0.15) is 33.7 Å². The normalized spacial score (nSPS) is 19.9. The molecular weight excluding hydrogens is 250 g/mol. The van der Waals surface area contributed by atoms with Crippen molar-refractivity contribution in [2.24, 2.45) is 0 Å². The molecule has 0 amide bonds. The Kier molecular flexibility index (Phi) is 2.51. The first-order chi connectivity index (χ1) is 9.75. The van der Waals surface area contributed by atoms with Gasteiger partial charge in [0.1, 0.15) is 0 Å². The lowest BCUT2D eigenvalue weighted by atomic mass is 9.75. The molecule has 102 valence electrons. The molecule has 1 heterocycles. The van der Waals surface area contributed by atoms with Gasteiger partial charge in [0.25, 0.3) is 0 Å². The first kappa shape index (κ1) is 11.8. The molecule has 0 fully saturated rings. The highest BCUT2D eigenvalue weighted by atomic mass is 16.3.